The van der Waals surface area contributed by atoms with Gasteiger partial charge in [-0.1, -0.05) is 6.07 Å². The molecule has 0 spiro atoms. The van der Waals surface area contributed by atoms with Crippen molar-refractivity contribution in [1.29, 1.82) is 0 Å². The summed E-state index contributed by atoms with van der Waals surface area (Å²) >= 11 is 11.3. The van der Waals surface area contributed by atoms with E-state index in [-0.39, 0.29) is 17.3 Å². The van der Waals surface area contributed by atoms with Crippen LogP contribution in [0.5, 0.6) is 0 Å². The van der Waals surface area contributed by atoms with E-state index < -0.39 is 23.1 Å². The lowest BCUT2D eigenvalue weighted by Gasteiger charge is -2.25. The average molecular weight is 282 g/mol. The summed E-state index contributed by atoms with van der Waals surface area (Å²) in [6.07, 6.45) is 0. The van der Waals surface area contributed by atoms with Gasteiger partial charge >= 0.3 is 0 Å². The molecule has 17 heavy (non-hydrogen) atoms. The molecule has 1 rings (SSSR count). The minimum absolute atomic E-state index is 0.0686. The van der Waals surface area contributed by atoms with Gasteiger partial charge in [-0.05, 0) is 19.1 Å². The number of halogens is 4. The fourth-order valence-electron chi connectivity index (χ4n) is 1.12. The van der Waals surface area contributed by atoms with Crippen molar-refractivity contribution in [3.63, 3.8) is 0 Å². The smallest absolute Gasteiger partial charge is 0.254 e. The predicted molar refractivity (Wildman–Crippen MR) is 63.7 cm³/mol. The summed E-state index contributed by atoms with van der Waals surface area (Å²) in [6, 6.07) is 3.39. The quantitative estimate of drug-likeness (QED) is 0.845. The van der Waals surface area contributed by atoms with Crippen molar-refractivity contribution in [3.8, 4) is 0 Å². The van der Waals surface area contributed by atoms with Gasteiger partial charge in [-0.2, -0.15) is 0 Å². The van der Waals surface area contributed by atoms with Gasteiger partial charge in [0.15, 0.2) is 11.6 Å². The van der Waals surface area contributed by atoms with E-state index in [0.717, 1.165) is 6.07 Å². The molecule has 0 saturated heterocycles. The summed E-state index contributed by atoms with van der Waals surface area (Å²) in [5.41, 5.74) is -1.23. The van der Waals surface area contributed by atoms with E-state index >= 15 is 0 Å². The molecule has 0 aliphatic heterocycles. The molecule has 0 fully saturated rings. The third kappa shape index (κ3) is 3.30. The summed E-state index contributed by atoms with van der Waals surface area (Å²) in [4.78, 5) is 11.7. The van der Waals surface area contributed by atoms with Gasteiger partial charge in [0.2, 0.25) is 0 Å². The van der Waals surface area contributed by atoms with Crippen LogP contribution in [0.4, 0.5) is 8.78 Å². The summed E-state index contributed by atoms with van der Waals surface area (Å²) in [7, 11) is 0. The molecule has 0 unspecified atom stereocenters. The fourth-order valence-corrected chi connectivity index (χ4v) is 1.54. The lowest BCUT2D eigenvalue weighted by Crippen LogP contribution is -2.49. The summed E-state index contributed by atoms with van der Waals surface area (Å²) in [5.74, 6) is -2.86. The van der Waals surface area contributed by atoms with Crippen LogP contribution in [0.3, 0.4) is 0 Å². The molecule has 6 heteroatoms. The van der Waals surface area contributed by atoms with Crippen LogP contribution in [0.1, 0.15) is 17.3 Å². The molecule has 2 nitrogen and oxygen atoms in total. The molecule has 0 aliphatic carbocycles. The van der Waals surface area contributed by atoms with Gasteiger partial charge in [0.05, 0.1) is 11.1 Å². The van der Waals surface area contributed by atoms with Crippen LogP contribution in [0, 0.1) is 11.6 Å². The van der Waals surface area contributed by atoms with Crippen LogP contribution >= 0.6 is 23.2 Å². The number of nitrogens with one attached hydrogen (secondary N) is 1. The van der Waals surface area contributed by atoms with Crippen molar-refractivity contribution < 1.29 is 13.6 Å². The first-order chi connectivity index (χ1) is 7.93. The Kier molecular flexibility index (Phi) is 4.71. The zero-order chi connectivity index (χ0) is 13.1. The minimum Gasteiger partial charge on any atom is -0.344 e. The van der Waals surface area contributed by atoms with Crippen molar-refractivity contribution in [2.75, 3.05) is 11.8 Å². The van der Waals surface area contributed by atoms with Crippen LogP contribution in [-0.2, 0) is 0 Å². The van der Waals surface area contributed by atoms with Gasteiger partial charge in [-0.3, -0.25) is 4.79 Å². The van der Waals surface area contributed by atoms with Crippen molar-refractivity contribution in [2.45, 2.75) is 12.5 Å². The lowest BCUT2D eigenvalue weighted by molar-refractivity contribution is 0.0916. The molecule has 94 valence electrons. The Morgan fingerprint density at radius 3 is 2.47 bits per heavy atom. The molecule has 0 bridgehead atoms. The van der Waals surface area contributed by atoms with E-state index in [1.807, 2.05) is 0 Å². The SMILES string of the molecule is CC(CCl)(CCl)NC(=O)c1cccc(F)c1F. The number of benzene rings is 1. The molecule has 0 aliphatic rings. The second-order valence-electron chi connectivity index (χ2n) is 3.88. The molecule has 1 aromatic rings. The molecule has 1 amide bonds. The van der Waals surface area contributed by atoms with Gasteiger partial charge < -0.3 is 5.32 Å². The Morgan fingerprint density at radius 1 is 1.35 bits per heavy atom. The van der Waals surface area contributed by atoms with Crippen LogP contribution in [0.2, 0.25) is 0 Å². The predicted octanol–water partition coefficient (Wildman–Crippen LogP) is 2.93. The minimum atomic E-state index is -1.18. The van der Waals surface area contributed by atoms with Gasteiger partial charge in [0.1, 0.15) is 0 Å². The average Bonchev–Trinajstić information content (AvgIpc) is 2.32. The maximum absolute atomic E-state index is 13.3. The molecule has 0 atom stereocenters. The van der Waals surface area contributed by atoms with E-state index in [9.17, 15) is 13.6 Å². The van der Waals surface area contributed by atoms with E-state index in [1.54, 1.807) is 6.92 Å². The molecular formula is C11H11Cl2F2NO. The fraction of sp³-hybridized carbons (Fsp3) is 0.364. The van der Waals surface area contributed by atoms with E-state index in [4.69, 9.17) is 23.2 Å². The molecule has 1 N–H and O–H groups in total. The molecule has 0 aromatic heterocycles. The number of carbonyl (C=O) groups is 1. The normalized spacial score (nSPS) is 11.4. The summed E-state index contributed by atoms with van der Waals surface area (Å²) < 4.78 is 26.3. The Hall–Kier alpha value is -0.870. The molecular weight excluding hydrogens is 271 g/mol. The Balaban J connectivity index is 2.94. The maximum atomic E-state index is 13.3. The molecule has 1 aromatic carbocycles. The number of hydrogen-bond acceptors (Lipinski definition) is 1. The van der Waals surface area contributed by atoms with Gasteiger partial charge in [-0.25, -0.2) is 8.78 Å². The Labute approximate surface area is 108 Å². The number of rotatable bonds is 4. The summed E-state index contributed by atoms with van der Waals surface area (Å²) in [6.45, 7) is 1.61. The zero-order valence-electron chi connectivity index (χ0n) is 9.07. The highest BCUT2D eigenvalue weighted by Crippen LogP contribution is 2.14. The first-order valence-corrected chi connectivity index (χ1v) is 5.89. The number of carbonyl (C=O) groups excluding carboxylic acids is 1. The topological polar surface area (TPSA) is 29.1 Å². The van der Waals surface area contributed by atoms with Crippen molar-refractivity contribution >= 4 is 29.1 Å². The Morgan fingerprint density at radius 2 is 1.94 bits per heavy atom. The largest absolute Gasteiger partial charge is 0.344 e. The van der Waals surface area contributed by atoms with Crippen LogP contribution in [0.15, 0.2) is 18.2 Å². The maximum Gasteiger partial charge on any atom is 0.254 e. The number of hydrogen-bond donors (Lipinski definition) is 1. The van der Waals surface area contributed by atoms with Crippen molar-refractivity contribution in [1.82, 2.24) is 5.32 Å². The van der Waals surface area contributed by atoms with Crippen molar-refractivity contribution in [3.05, 3.63) is 35.4 Å². The van der Waals surface area contributed by atoms with Crippen LogP contribution in [0.25, 0.3) is 0 Å². The van der Waals surface area contributed by atoms with E-state index in [0.29, 0.717) is 0 Å². The monoisotopic (exact) mass is 281 g/mol. The van der Waals surface area contributed by atoms with Crippen molar-refractivity contribution in [2.24, 2.45) is 0 Å². The highest BCUT2D eigenvalue weighted by Gasteiger charge is 2.26. The first kappa shape index (κ1) is 14.2. The van der Waals surface area contributed by atoms with E-state index in [2.05, 4.69) is 5.32 Å². The number of alkyl halides is 2. The lowest BCUT2D eigenvalue weighted by atomic mass is 10.1. The van der Waals surface area contributed by atoms with Crippen LogP contribution in [-0.4, -0.2) is 23.2 Å². The molecule has 0 heterocycles. The standard InChI is InChI=1S/C11H11Cl2F2NO/c1-11(5-12,6-13)16-10(17)7-3-2-4-8(14)9(7)15/h2-4H,5-6H2,1H3,(H,16,17). The summed E-state index contributed by atoms with van der Waals surface area (Å²) in [5, 5.41) is 2.47. The third-order valence-electron chi connectivity index (χ3n) is 2.20. The van der Waals surface area contributed by atoms with Gasteiger partial charge in [-0.15, -0.1) is 23.2 Å². The molecule has 0 saturated carbocycles. The van der Waals surface area contributed by atoms with Crippen LogP contribution < -0.4 is 5.32 Å². The second-order valence-corrected chi connectivity index (χ2v) is 4.42. The third-order valence-corrected chi connectivity index (χ3v) is 3.38. The zero-order valence-corrected chi connectivity index (χ0v) is 10.6. The number of amides is 1. The molecule has 0 radical (unpaired) electrons. The van der Waals surface area contributed by atoms with E-state index in [1.165, 1.54) is 12.1 Å². The first-order valence-electron chi connectivity index (χ1n) is 4.82. The highest BCUT2D eigenvalue weighted by atomic mass is 35.5. The highest BCUT2D eigenvalue weighted by molar-refractivity contribution is 6.22. The van der Waals surface area contributed by atoms with Gasteiger partial charge in [0.25, 0.3) is 5.91 Å². The Bertz CT molecular complexity index is 422. The second kappa shape index (κ2) is 5.65. The van der Waals surface area contributed by atoms with Gasteiger partial charge in [0, 0.05) is 11.8 Å².